The van der Waals surface area contributed by atoms with Gasteiger partial charge in [0.25, 0.3) is 0 Å². The lowest BCUT2D eigenvalue weighted by Gasteiger charge is -2.21. The Morgan fingerprint density at radius 3 is 2.75 bits per heavy atom. The lowest BCUT2D eigenvalue weighted by molar-refractivity contribution is -0.117. The molecule has 4 N–H and O–H groups in total. The molecule has 1 heterocycles. The zero-order valence-corrected chi connectivity index (χ0v) is 17.1. The minimum absolute atomic E-state index is 0.0210. The number of benzene rings is 1. The van der Waals surface area contributed by atoms with Gasteiger partial charge in [-0.2, -0.15) is 0 Å². The van der Waals surface area contributed by atoms with Crippen molar-refractivity contribution in [3.05, 3.63) is 29.3 Å². The van der Waals surface area contributed by atoms with Crippen molar-refractivity contribution < 1.29 is 9.90 Å². The standard InChI is InChI=1S/C21H29ClN4O2/c1-14(27)23-11-12-24-19-10-7-16-18(25-19)9-8-17(22)21(16)26-20(28)13-15-5-3-2-4-6-15/h7-10,14-15,23,27H,2-6,11-13H2,1H3,(H,24,25)(H,26,28). The molecular weight excluding hydrogens is 376 g/mol. The highest BCUT2D eigenvalue weighted by atomic mass is 35.5. The van der Waals surface area contributed by atoms with Gasteiger partial charge in [0.1, 0.15) is 12.0 Å². The number of anilines is 2. The molecule has 28 heavy (non-hydrogen) atoms. The van der Waals surface area contributed by atoms with E-state index in [2.05, 4.69) is 20.9 Å². The Labute approximate surface area is 171 Å². The van der Waals surface area contributed by atoms with Gasteiger partial charge in [-0.1, -0.05) is 30.9 Å². The van der Waals surface area contributed by atoms with Gasteiger partial charge in [-0.25, -0.2) is 4.98 Å². The van der Waals surface area contributed by atoms with E-state index < -0.39 is 6.23 Å². The van der Waals surface area contributed by atoms with Crippen LogP contribution in [0.3, 0.4) is 0 Å². The molecule has 152 valence electrons. The van der Waals surface area contributed by atoms with E-state index in [1.807, 2.05) is 18.2 Å². The molecule has 1 aromatic carbocycles. The van der Waals surface area contributed by atoms with Crippen molar-refractivity contribution in [1.82, 2.24) is 10.3 Å². The molecule has 1 atom stereocenters. The van der Waals surface area contributed by atoms with Gasteiger partial charge < -0.3 is 15.7 Å². The van der Waals surface area contributed by atoms with Gasteiger partial charge in [0.05, 0.1) is 16.2 Å². The van der Waals surface area contributed by atoms with E-state index in [1.54, 1.807) is 13.0 Å². The molecule has 1 aliphatic carbocycles. The summed E-state index contributed by atoms with van der Waals surface area (Å²) in [5.41, 5.74) is 1.40. The van der Waals surface area contributed by atoms with Gasteiger partial charge in [-0.15, -0.1) is 0 Å². The Bertz CT molecular complexity index is 806. The van der Waals surface area contributed by atoms with Crippen LogP contribution in [-0.2, 0) is 4.79 Å². The molecule has 1 unspecified atom stereocenters. The van der Waals surface area contributed by atoms with Crippen LogP contribution < -0.4 is 16.0 Å². The minimum Gasteiger partial charge on any atom is -0.379 e. The van der Waals surface area contributed by atoms with Gasteiger partial charge in [0.15, 0.2) is 0 Å². The SMILES string of the molecule is CC(O)NCCNc1ccc2c(NC(=O)CC3CCCCC3)c(Cl)ccc2n1. The second-order valence-corrected chi connectivity index (χ2v) is 7.91. The third-order valence-corrected chi connectivity index (χ3v) is 5.47. The molecule has 1 fully saturated rings. The third kappa shape index (κ3) is 5.80. The number of amides is 1. The van der Waals surface area contributed by atoms with Gasteiger partial charge >= 0.3 is 0 Å². The van der Waals surface area contributed by atoms with Crippen LogP contribution >= 0.6 is 11.6 Å². The second-order valence-electron chi connectivity index (χ2n) is 7.50. The fourth-order valence-corrected chi connectivity index (χ4v) is 3.93. The highest BCUT2D eigenvalue weighted by molar-refractivity contribution is 6.35. The zero-order valence-electron chi connectivity index (χ0n) is 16.3. The van der Waals surface area contributed by atoms with E-state index >= 15 is 0 Å². The van der Waals surface area contributed by atoms with Crippen molar-refractivity contribution in [3.8, 4) is 0 Å². The maximum atomic E-state index is 12.5. The monoisotopic (exact) mass is 404 g/mol. The Hall–Kier alpha value is -1.89. The van der Waals surface area contributed by atoms with E-state index in [9.17, 15) is 9.90 Å². The van der Waals surface area contributed by atoms with Crippen molar-refractivity contribution in [1.29, 1.82) is 0 Å². The number of aromatic nitrogens is 1. The van der Waals surface area contributed by atoms with Crippen LogP contribution in [0.4, 0.5) is 11.5 Å². The van der Waals surface area contributed by atoms with Crippen LogP contribution in [0, 0.1) is 5.92 Å². The summed E-state index contributed by atoms with van der Waals surface area (Å²) in [4.78, 5) is 17.1. The molecule has 1 saturated carbocycles. The largest absolute Gasteiger partial charge is 0.379 e. The van der Waals surface area contributed by atoms with Crippen LogP contribution in [0.2, 0.25) is 5.02 Å². The van der Waals surface area contributed by atoms with Crippen LogP contribution in [-0.4, -0.2) is 35.3 Å². The number of aliphatic hydroxyl groups is 1. The predicted molar refractivity (Wildman–Crippen MR) is 115 cm³/mol. The first-order valence-electron chi connectivity index (χ1n) is 10.1. The number of nitrogens with zero attached hydrogens (tertiary/aromatic N) is 1. The number of halogens is 1. The number of hydrogen-bond acceptors (Lipinski definition) is 5. The lowest BCUT2D eigenvalue weighted by Crippen LogP contribution is -2.30. The Balaban J connectivity index is 1.67. The van der Waals surface area contributed by atoms with Gasteiger partial charge in [-0.05, 0) is 49.9 Å². The molecular formula is C21H29ClN4O2. The second kappa shape index (κ2) is 10.0. The maximum absolute atomic E-state index is 12.5. The average Bonchev–Trinajstić information content (AvgIpc) is 2.68. The summed E-state index contributed by atoms with van der Waals surface area (Å²) in [7, 11) is 0. The number of rotatable bonds is 8. The van der Waals surface area contributed by atoms with Crippen molar-refractivity contribution in [3.63, 3.8) is 0 Å². The topological polar surface area (TPSA) is 86.3 Å². The highest BCUT2D eigenvalue weighted by Crippen LogP contribution is 2.32. The van der Waals surface area contributed by atoms with E-state index in [1.165, 1.54) is 19.3 Å². The molecule has 1 amide bonds. The molecule has 0 radical (unpaired) electrons. The molecule has 0 aliphatic heterocycles. The number of carbonyl (C=O) groups excluding carboxylic acids is 1. The summed E-state index contributed by atoms with van der Waals surface area (Å²) in [6, 6.07) is 7.42. The first-order chi connectivity index (χ1) is 13.5. The lowest BCUT2D eigenvalue weighted by atomic mass is 9.87. The molecule has 0 saturated heterocycles. The average molecular weight is 405 g/mol. The van der Waals surface area contributed by atoms with Crippen molar-refractivity contribution in [2.24, 2.45) is 5.92 Å². The number of hydrogen-bond donors (Lipinski definition) is 4. The predicted octanol–water partition coefficient (Wildman–Crippen LogP) is 4.14. The van der Waals surface area contributed by atoms with E-state index in [4.69, 9.17) is 11.6 Å². The summed E-state index contributed by atoms with van der Waals surface area (Å²) in [6.45, 7) is 2.95. The fourth-order valence-electron chi connectivity index (χ4n) is 3.72. The summed E-state index contributed by atoms with van der Waals surface area (Å²) < 4.78 is 0. The summed E-state index contributed by atoms with van der Waals surface area (Å²) in [5.74, 6) is 1.24. The van der Waals surface area contributed by atoms with Crippen LogP contribution in [0.5, 0.6) is 0 Å². The van der Waals surface area contributed by atoms with Crippen LogP contribution in [0.25, 0.3) is 10.9 Å². The molecule has 6 nitrogen and oxygen atoms in total. The number of pyridine rings is 1. The molecule has 7 heteroatoms. The minimum atomic E-state index is -0.534. The molecule has 3 rings (SSSR count). The van der Waals surface area contributed by atoms with E-state index in [0.29, 0.717) is 36.1 Å². The quantitative estimate of drug-likeness (QED) is 0.392. The van der Waals surface area contributed by atoms with E-state index in [0.717, 1.165) is 29.6 Å². The first-order valence-corrected chi connectivity index (χ1v) is 10.4. The number of fused-ring (bicyclic) bond motifs is 1. The molecule has 0 bridgehead atoms. The van der Waals surface area contributed by atoms with Crippen LogP contribution in [0.1, 0.15) is 45.4 Å². The molecule has 1 aromatic heterocycles. The molecule has 2 aromatic rings. The van der Waals surface area contributed by atoms with Crippen molar-refractivity contribution >= 4 is 39.9 Å². The smallest absolute Gasteiger partial charge is 0.224 e. The summed E-state index contributed by atoms with van der Waals surface area (Å²) in [5, 5.41) is 19.7. The highest BCUT2D eigenvalue weighted by Gasteiger charge is 2.18. The third-order valence-electron chi connectivity index (χ3n) is 5.15. The Kier molecular flexibility index (Phi) is 7.48. The molecule has 1 aliphatic rings. The Morgan fingerprint density at radius 1 is 1.21 bits per heavy atom. The maximum Gasteiger partial charge on any atom is 0.224 e. The van der Waals surface area contributed by atoms with Crippen molar-refractivity contribution in [2.75, 3.05) is 23.7 Å². The summed E-state index contributed by atoms with van der Waals surface area (Å²) >= 11 is 6.37. The van der Waals surface area contributed by atoms with Crippen LogP contribution in [0.15, 0.2) is 24.3 Å². The van der Waals surface area contributed by atoms with Gasteiger partial charge in [-0.3, -0.25) is 10.1 Å². The summed E-state index contributed by atoms with van der Waals surface area (Å²) in [6.07, 6.45) is 6.02. The first kappa shape index (κ1) is 20.8. The molecule has 0 spiro atoms. The zero-order chi connectivity index (χ0) is 19.9. The van der Waals surface area contributed by atoms with Gasteiger partial charge in [0.2, 0.25) is 5.91 Å². The number of aliphatic hydroxyl groups excluding tert-OH is 1. The number of nitrogens with one attached hydrogen (secondary N) is 3. The number of carbonyl (C=O) groups is 1. The normalized spacial score (nSPS) is 16.1. The van der Waals surface area contributed by atoms with E-state index in [-0.39, 0.29) is 5.91 Å². The van der Waals surface area contributed by atoms with Gasteiger partial charge in [0, 0.05) is 24.9 Å². The Morgan fingerprint density at radius 2 is 2.00 bits per heavy atom. The fraction of sp³-hybridized carbons (Fsp3) is 0.524. The van der Waals surface area contributed by atoms with Crippen molar-refractivity contribution in [2.45, 2.75) is 51.7 Å².